The summed E-state index contributed by atoms with van der Waals surface area (Å²) in [5.41, 5.74) is 0.717. The Bertz CT molecular complexity index is 621. The van der Waals surface area contributed by atoms with E-state index in [1.807, 2.05) is 0 Å². The maximum Gasteiger partial charge on any atom is 0.338 e. The number of carboxylic acids is 1. The van der Waals surface area contributed by atoms with E-state index in [1.54, 1.807) is 29.6 Å². The summed E-state index contributed by atoms with van der Waals surface area (Å²) in [6.45, 7) is 0. The van der Waals surface area contributed by atoms with Gasteiger partial charge in [0.05, 0.1) is 23.9 Å². The smallest absolute Gasteiger partial charge is 0.338 e. The van der Waals surface area contributed by atoms with Crippen molar-refractivity contribution in [3.05, 3.63) is 46.2 Å². The minimum absolute atomic E-state index is 0.0771. The van der Waals surface area contributed by atoms with Crippen LogP contribution in [0, 0.1) is 0 Å². The molecule has 19 heavy (non-hydrogen) atoms. The quantitative estimate of drug-likeness (QED) is 0.901. The van der Waals surface area contributed by atoms with Crippen molar-refractivity contribution in [1.82, 2.24) is 0 Å². The van der Waals surface area contributed by atoms with E-state index in [4.69, 9.17) is 9.84 Å². The van der Waals surface area contributed by atoms with E-state index in [-0.39, 0.29) is 11.3 Å². The average Bonchev–Trinajstić information content (AvgIpc) is 2.87. The number of methoxy groups -OCH3 is 1. The van der Waals surface area contributed by atoms with E-state index in [1.165, 1.54) is 23.8 Å². The fraction of sp³-hybridized carbons (Fsp3) is 0.0769. The summed E-state index contributed by atoms with van der Waals surface area (Å²) in [7, 11) is 1.47. The third kappa shape index (κ3) is 2.74. The third-order valence-corrected chi connectivity index (χ3v) is 3.24. The molecule has 0 aliphatic rings. The second kappa shape index (κ2) is 5.53. The van der Waals surface area contributed by atoms with Gasteiger partial charge in [0, 0.05) is 10.8 Å². The van der Waals surface area contributed by atoms with E-state index in [2.05, 4.69) is 5.32 Å². The number of para-hydroxylation sites is 1. The van der Waals surface area contributed by atoms with Gasteiger partial charge in [-0.25, -0.2) is 4.79 Å². The van der Waals surface area contributed by atoms with Gasteiger partial charge in [-0.05, 0) is 12.1 Å². The molecule has 98 valence electrons. The van der Waals surface area contributed by atoms with Crippen molar-refractivity contribution in [2.45, 2.75) is 0 Å². The number of anilines is 1. The first-order valence-corrected chi connectivity index (χ1v) is 6.31. The molecule has 0 aliphatic heterocycles. The van der Waals surface area contributed by atoms with Gasteiger partial charge >= 0.3 is 5.97 Å². The molecule has 0 fully saturated rings. The number of ether oxygens (including phenoxy) is 1. The highest BCUT2D eigenvalue weighted by atomic mass is 32.1. The number of thiophene rings is 1. The van der Waals surface area contributed by atoms with E-state index < -0.39 is 11.9 Å². The summed E-state index contributed by atoms with van der Waals surface area (Å²) in [5, 5.41) is 14.6. The van der Waals surface area contributed by atoms with Crippen LogP contribution < -0.4 is 10.1 Å². The molecule has 0 spiro atoms. The molecule has 2 N–H and O–H groups in total. The first-order chi connectivity index (χ1) is 9.13. The molecule has 2 rings (SSSR count). The molecule has 0 saturated carbocycles. The zero-order valence-corrected chi connectivity index (χ0v) is 10.9. The minimum atomic E-state index is -1.07. The third-order valence-electron chi connectivity index (χ3n) is 2.49. The summed E-state index contributed by atoms with van der Waals surface area (Å²) in [6.07, 6.45) is 0. The predicted molar refractivity (Wildman–Crippen MR) is 72.2 cm³/mol. The topological polar surface area (TPSA) is 75.6 Å². The van der Waals surface area contributed by atoms with Gasteiger partial charge in [0.15, 0.2) is 0 Å². The molecular formula is C13H11NO4S. The van der Waals surface area contributed by atoms with Crippen LogP contribution in [-0.4, -0.2) is 24.1 Å². The summed E-state index contributed by atoms with van der Waals surface area (Å²) >= 11 is 1.21. The van der Waals surface area contributed by atoms with Crippen molar-refractivity contribution < 1.29 is 19.4 Å². The molecule has 0 radical (unpaired) electrons. The Hall–Kier alpha value is -2.34. The van der Waals surface area contributed by atoms with Gasteiger partial charge in [0.2, 0.25) is 0 Å². The Morgan fingerprint density at radius 2 is 1.95 bits per heavy atom. The van der Waals surface area contributed by atoms with E-state index in [0.717, 1.165) is 0 Å². The summed E-state index contributed by atoms with van der Waals surface area (Å²) < 4.78 is 5.09. The molecule has 6 heteroatoms. The first-order valence-electron chi connectivity index (χ1n) is 5.37. The fourth-order valence-corrected chi connectivity index (χ4v) is 2.34. The maximum absolute atomic E-state index is 12.1. The Kier molecular flexibility index (Phi) is 3.82. The van der Waals surface area contributed by atoms with Crippen LogP contribution in [0.25, 0.3) is 0 Å². The standard InChI is InChI=1S/C13H11NO4S/c1-18-11-5-3-2-4-8(11)12(15)14-10-7-19-6-9(10)13(16)17/h2-7H,1H3,(H,14,15)(H,16,17). The van der Waals surface area contributed by atoms with Gasteiger partial charge in [0.25, 0.3) is 5.91 Å². The summed E-state index contributed by atoms with van der Waals surface area (Å²) in [4.78, 5) is 23.0. The number of hydrogen-bond acceptors (Lipinski definition) is 4. The fourth-order valence-electron chi connectivity index (χ4n) is 1.58. The van der Waals surface area contributed by atoms with Crippen LogP contribution in [0.1, 0.15) is 20.7 Å². The Morgan fingerprint density at radius 3 is 2.63 bits per heavy atom. The van der Waals surface area contributed by atoms with Crippen molar-refractivity contribution in [2.75, 3.05) is 12.4 Å². The molecule has 1 aromatic carbocycles. The predicted octanol–water partition coefficient (Wildman–Crippen LogP) is 2.71. The first kappa shape index (κ1) is 13.1. The Balaban J connectivity index is 2.26. The van der Waals surface area contributed by atoms with E-state index >= 15 is 0 Å². The van der Waals surface area contributed by atoms with Crippen LogP contribution in [0.2, 0.25) is 0 Å². The molecular weight excluding hydrogens is 266 g/mol. The average molecular weight is 277 g/mol. The van der Waals surface area contributed by atoms with Crippen LogP contribution in [-0.2, 0) is 0 Å². The van der Waals surface area contributed by atoms with Crippen LogP contribution in [0.15, 0.2) is 35.0 Å². The normalized spacial score (nSPS) is 9.95. The number of aromatic carboxylic acids is 1. The molecule has 0 saturated heterocycles. The second-order valence-electron chi connectivity index (χ2n) is 3.66. The molecule has 0 aliphatic carbocycles. The molecule has 1 amide bonds. The lowest BCUT2D eigenvalue weighted by Crippen LogP contribution is -2.14. The molecule has 2 aromatic rings. The molecule has 0 bridgehead atoms. The SMILES string of the molecule is COc1ccccc1C(=O)Nc1cscc1C(=O)O. The van der Waals surface area contributed by atoms with Gasteiger partial charge in [-0.1, -0.05) is 12.1 Å². The molecule has 0 atom stereocenters. The van der Waals surface area contributed by atoms with Crippen molar-refractivity contribution in [3.63, 3.8) is 0 Å². The highest BCUT2D eigenvalue weighted by Crippen LogP contribution is 2.23. The monoisotopic (exact) mass is 277 g/mol. The Morgan fingerprint density at radius 1 is 1.21 bits per heavy atom. The van der Waals surface area contributed by atoms with Crippen molar-refractivity contribution in [3.8, 4) is 5.75 Å². The minimum Gasteiger partial charge on any atom is -0.496 e. The highest BCUT2D eigenvalue weighted by Gasteiger charge is 2.16. The Labute approximate surface area is 113 Å². The lowest BCUT2D eigenvalue weighted by atomic mass is 10.2. The number of carboxylic acid groups (broad SMARTS) is 1. The van der Waals surface area contributed by atoms with Gasteiger partial charge in [-0.2, -0.15) is 0 Å². The molecule has 1 aromatic heterocycles. The molecule has 5 nitrogen and oxygen atoms in total. The van der Waals surface area contributed by atoms with Gasteiger partial charge < -0.3 is 15.2 Å². The zero-order valence-electron chi connectivity index (χ0n) is 10.0. The van der Waals surface area contributed by atoms with E-state index in [9.17, 15) is 9.59 Å². The van der Waals surface area contributed by atoms with Crippen molar-refractivity contribution in [2.24, 2.45) is 0 Å². The van der Waals surface area contributed by atoms with Gasteiger partial charge in [0.1, 0.15) is 5.75 Å². The lowest BCUT2D eigenvalue weighted by Gasteiger charge is -2.08. The second-order valence-corrected chi connectivity index (χ2v) is 4.40. The van der Waals surface area contributed by atoms with Crippen LogP contribution in [0.4, 0.5) is 5.69 Å². The van der Waals surface area contributed by atoms with Crippen LogP contribution in [0.3, 0.4) is 0 Å². The van der Waals surface area contributed by atoms with Gasteiger partial charge in [-0.15, -0.1) is 11.3 Å². The summed E-state index contributed by atoms with van der Waals surface area (Å²) in [6, 6.07) is 6.74. The summed E-state index contributed by atoms with van der Waals surface area (Å²) in [5.74, 6) is -1.04. The lowest BCUT2D eigenvalue weighted by molar-refractivity contribution is 0.0698. The number of carbonyl (C=O) groups is 2. The number of amides is 1. The largest absolute Gasteiger partial charge is 0.496 e. The number of hydrogen-bond donors (Lipinski definition) is 2. The van der Waals surface area contributed by atoms with Gasteiger partial charge in [-0.3, -0.25) is 4.79 Å². The number of benzene rings is 1. The number of carbonyl (C=O) groups excluding carboxylic acids is 1. The number of nitrogens with one attached hydrogen (secondary N) is 1. The van der Waals surface area contributed by atoms with Crippen molar-refractivity contribution >= 4 is 28.9 Å². The molecule has 1 heterocycles. The number of rotatable bonds is 4. The zero-order chi connectivity index (χ0) is 13.8. The van der Waals surface area contributed by atoms with Crippen molar-refractivity contribution in [1.29, 1.82) is 0 Å². The van der Waals surface area contributed by atoms with Crippen LogP contribution in [0.5, 0.6) is 5.75 Å². The van der Waals surface area contributed by atoms with E-state index in [0.29, 0.717) is 11.3 Å². The highest BCUT2D eigenvalue weighted by molar-refractivity contribution is 7.08. The maximum atomic E-state index is 12.1. The molecule has 0 unspecified atom stereocenters. The van der Waals surface area contributed by atoms with Crippen LogP contribution >= 0.6 is 11.3 Å².